The molecule has 2 aromatic heterocycles. The molecule has 2 N–H and O–H groups in total. The van der Waals surface area contributed by atoms with Crippen LogP contribution in [-0.2, 0) is 6.54 Å². The van der Waals surface area contributed by atoms with E-state index in [1.54, 1.807) is 24.4 Å². The monoisotopic (exact) mass is 201 g/mol. The summed E-state index contributed by atoms with van der Waals surface area (Å²) in [7, 11) is 0. The number of nitrogens with zero attached hydrogens (tertiary/aromatic N) is 1. The summed E-state index contributed by atoms with van der Waals surface area (Å²) in [4.78, 5) is 18.5. The van der Waals surface area contributed by atoms with Crippen molar-refractivity contribution < 1.29 is 4.79 Å². The van der Waals surface area contributed by atoms with Crippen molar-refractivity contribution in [2.75, 3.05) is 0 Å². The minimum atomic E-state index is -0.162. The van der Waals surface area contributed by atoms with E-state index >= 15 is 0 Å². The molecular weight excluding hydrogens is 190 g/mol. The molecule has 1 amide bonds. The minimum Gasteiger partial charge on any atom is -0.364 e. The van der Waals surface area contributed by atoms with Crippen LogP contribution in [0.25, 0.3) is 0 Å². The van der Waals surface area contributed by atoms with Gasteiger partial charge in [-0.3, -0.25) is 9.78 Å². The van der Waals surface area contributed by atoms with Crippen molar-refractivity contribution in [2.24, 2.45) is 0 Å². The van der Waals surface area contributed by atoms with E-state index in [9.17, 15) is 4.79 Å². The maximum atomic E-state index is 11.6. The lowest BCUT2D eigenvalue weighted by Gasteiger charge is -2.02. The van der Waals surface area contributed by atoms with Gasteiger partial charge in [0.25, 0.3) is 5.91 Å². The summed E-state index contributed by atoms with van der Waals surface area (Å²) in [5, 5.41) is 2.77. The standard InChI is InChI=1S/C11H11N3O/c15-11(10-5-1-2-6-13-10)14-8-9-4-3-7-12-9/h1-7,12H,8H2,(H,14,15). The third kappa shape index (κ3) is 2.43. The highest BCUT2D eigenvalue weighted by atomic mass is 16.1. The summed E-state index contributed by atoms with van der Waals surface area (Å²) in [5.41, 5.74) is 1.41. The van der Waals surface area contributed by atoms with Gasteiger partial charge in [-0.1, -0.05) is 6.07 Å². The topological polar surface area (TPSA) is 57.8 Å². The molecule has 2 rings (SSSR count). The molecule has 0 aliphatic heterocycles. The Morgan fingerprint density at radius 2 is 2.27 bits per heavy atom. The molecule has 0 aliphatic carbocycles. The van der Waals surface area contributed by atoms with Crippen molar-refractivity contribution in [1.82, 2.24) is 15.3 Å². The van der Waals surface area contributed by atoms with E-state index in [1.165, 1.54) is 0 Å². The highest BCUT2D eigenvalue weighted by molar-refractivity contribution is 5.92. The van der Waals surface area contributed by atoms with Crippen LogP contribution in [-0.4, -0.2) is 15.9 Å². The Kier molecular flexibility index (Phi) is 2.78. The number of pyridine rings is 1. The smallest absolute Gasteiger partial charge is 0.270 e. The van der Waals surface area contributed by atoms with Gasteiger partial charge in [-0.25, -0.2) is 0 Å². The molecule has 0 radical (unpaired) electrons. The van der Waals surface area contributed by atoms with Crippen LogP contribution in [0.1, 0.15) is 16.2 Å². The lowest BCUT2D eigenvalue weighted by molar-refractivity contribution is 0.0945. The third-order valence-electron chi connectivity index (χ3n) is 2.00. The molecule has 4 heteroatoms. The molecule has 76 valence electrons. The van der Waals surface area contributed by atoms with E-state index in [2.05, 4.69) is 15.3 Å². The van der Waals surface area contributed by atoms with Gasteiger partial charge in [-0.05, 0) is 24.3 Å². The highest BCUT2D eigenvalue weighted by Crippen LogP contribution is 1.96. The van der Waals surface area contributed by atoms with Crippen LogP contribution < -0.4 is 5.32 Å². The van der Waals surface area contributed by atoms with E-state index in [4.69, 9.17) is 0 Å². The molecule has 0 unspecified atom stereocenters. The van der Waals surface area contributed by atoms with Gasteiger partial charge in [0.2, 0.25) is 0 Å². The maximum Gasteiger partial charge on any atom is 0.270 e. The molecule has 2 aromatic rings. The summed E-state index contributed by atoms with van der Waals surface area (Å²) in [6.07, 6.45) is 3.42. The summed E-state index contributed by atoms with van der Waals surface area (Å²) in [6.45, 7) is 0.488. The van der Waals surface area contributed by atoms with Crippen molar-refractivity contribution >= 4 is 5.91 Å². The first-order chi connectivity index (χ1) is 7.36. The van der Waals surface area contributed by atoms with Gasteiger partial charge in [0.05, 0.1) is 6.54 Å². The van der Waals surface area contributed by atoms with Gasteiger partial charge >= 0.3 is 0 Å². The van der Waals surface area contributed by atoms with Gasteiger partial charge in [0.15, 0.2) is 0 Å². The van der Waals surface area contributed by atoms with Crippen LogP contribution in [0, 0.1) is 0 Å². The van der Waals surface area contributed by atoms with Crippen LogP contribution in [0.4, 0.5) is 0 Å². The first-order valence-electron chi connectivity index (χ1n) is 4.68. The van der Waals surface area contributed by atoms with Crippen LogP contribution in [0.2, 0.25) is 0 Å². The quantitative estimate of drug-likeness (QED) is 0.787. The predicted molar refractivity (Wildman–Crippen MR) is 56.2 cm³/mol. The molecule has 0 fully saturated rings. The Bertz CT molecular complexity index is 422. The number of carbonyl (C=O) groups excluding carboxylic acids is 1. The van der Waals surface area contributed by atoms with Crippen molar-refractivity contribution in [1.29, 1.82) is 0 Å². The second kappa shape index (κ2) is 4.41. The Morgan fingerprint density at radius 3 is 2.93 bits per heavy atom. The van der Waals surface area contributed by atoms with Gasteiger partial charge in [-0.2, -0.15) is 0 Å². The maximum absolute atomic E-state index is 11.6. The van der Waals surface area contributed by atoms with Crippen LogP contribution in [0.3, 0.4) is 0 Å². The van der Waals surface area contributed by atoms with E-state index in [1.807, 2.05) is 18.3 Å². The van der Waals surface area contributed by atoms with Gasteiger partial charge in [0.1, 0.15) is 5.69 Å². The number of rotatable bonds is 3. The fourth-order valence-corrected chi connectivity index (χ4v) is 1.24. The van der Waals surface area contributed by atoms with Crippen molar-refractivity contribution in [3.8, 4) is 0 Å². The Hall–Kier alpha value is -2.10. The summed E-state index contributed by atoms with van der Waals surface area (Å²) < 4.78 is 0. The largest absolute Gasteiger partial charge is 0.364 e. The van der Waals surface area contributed by atoms with Crippen molar-refractivity contribution in [3.63, 3.8) is 0 Å². The van der Waals surface area contributed by atoms with Gasteiger partial charge in [0, 0.05) is 18.1 Å². The molecule has 0 saturated carbocycles. The second-order valence-corrected chi connectivity index (χ2v) is 3.09. The molecule has 15 heavy (non-hydrogen) atoms. The number of aromatic amines is 1. The summed E-state index contributed by atoms with van der Waals surface area (Å²) >= 11 is 0. The Morgan fingerprint density at radius 1 is 1.33 bits per heavy atom. The number of carbonyl (C=O) groups is 1. The molecule has 0 bridgehead atoms. The van der Waals surface area contributed by atoms with Crippen LogP contribution in [0.5, 0.6) is 0 Å². The van der Waals surface area contributed by atoms with Crippen molar-refractivity contribution in [2.45, 2.75) is 6.54 Å². The van der Waals surface area contributed by atoms with Gasteiger partial charge < -0.3 is 10.3 Å². The highest BCUT2D eigenvalue weighted by Gasteiger charge is 2.04. The zero-order valence-corrected chi connectivity index (χ0v) is 8.10. The van der Waals surface area contributed by atoms with E-state index in [-0.39, 0.29) is 5.91 Å². The lowest BCUT2D eigenvalue weighted by Crippen LogP contribution is -2.23. The van der Waals surface area contributed by atoms with E-state index in [0.717, 1.165) is 5.69 Å². The third-order valence-corrected chi connectivity index (χ3v) is 2.00. The average molecular weight is 201 g/mol. The predicted octanol–water partition coefficient (Wildman–Crippen LogP) is 1.34. The molecule has 0 saturated heterocycles. The van der Waals surface area contributed by atoms with Crippen LogP contribution >= 0.6 is 0 Å². The molecule has 0 aromatic carbocycles. The van der Waals surface area contributed by atoms with Gasteiger partial charge in [-0.15, -0.1) is 0 Å². The zero-order valence-electron chi connectivity index (χ0n) is 8.10. The lowest BCUT2D eigenvalue weighted by atomic mass is 10.3. The number of nitrogens with one attached hydrogen (secondary N) is 2. The number of amides is 1. The zero-order chi connectivity index (χ0) is 10.5. The number of hydrogen-bond acceptors (Lipinski definition) is 2. The number of H-pyrrole nitrogens is 1. The molecule has 0 aliphatic rings. The van der Waals surface area contributed by atoms with E-state index < -0.39 is 0 Å². The minimum absolute atomic E-state index is 0.162. The first kappa shape index (κ1) is 9.45. The van der Waals surface area contributed by atoms with E-state index in [0.29, 0.717) is 12.2 Å². The molecular formula is C11H11N3O. The Balaban J connectivity index is 1.94. The number of aromatic nitrogens is 2. The Labute approximate surface area is 87.4 Å². The average Bonchev–Trinajstić information content (AvgIpc) is 2.80. The molecule has 0 atom stereocenters. The second-order valence-electron chi connectivity index (χ2n) is 3.09. The number of hydrogen-bond donors (Lipinski definition) is 2. The fraction of sp³-hybridized carbons (Fsp3) is 0.0909. The first-order valence-corrected chi connectivity index (χ1v) is 4.68. The molecule has 2 heterocycles. The fourth-order valence-electron chi connectivity index (χ4n) is 1.24. The van der Waals surface area contributed by atoms with Crippen LogP contribution in [0.15, 0.2) is 42.7 Å². The van der Waals surface area contributed by atoms with Crippen molar-refractivity contribution in [3.05, 3.63) is 54.1 Å². The normalized spacial score (nSPS) is 9.87. The summed E-state index contributed by atoms with van der Waals surface area (Å²) in [5.74, 6) is -0.162. The molecule has 4 nitrogen and oxygen atoms in total. The molecule has 0 spiro atoms. The summed E-state index contributed by atoms with van der Waals surface area (Å²) in [6, 6.07) is 9.06. The SMILES string of the molecule is O=C(NCc1ccc[nH]1)c1ccccn1.